The Balaban J connectivity index is 1.58. The highest BCUT2D eigenvalue weighted by molar-refractivity contribution is 5.14. The quantitative estimate of drug-likeness (QED) is 0.865. The molecule has 1 saturated heterocycles. The Kier molecular flexibility index (Phi) is 4.34. The van der Waals surface area contributed by atoms with Gasteiger partial charge in [-0.1, -0.05) is 6.07 Å². The Morgan fingerprint density at radius 1 is 1.29 bits per heavy atom. The second-order valence-electron chi connectivity index (χ2n) is 6.21. The van der Waals surface area contributed by atoms with Crippen molar-refractivity contribution >= 4 is 0 Å². The van der Waals surface area contributed by atoms with Gasteiger partial charge in [-0.05, 0) is 50.3 Å². The summed E-state index contributed by atoms with van der Waals surface area (Å²) in [7, 11) is 2.07. The van der Waals surface area contributed by atoms with Crippen LogP contribution in [-0.2, 0) is 20.0 Å². The molecule has 1 aliphatic heterocycles. The van der Waals surface area contributed by atoms with Gasteiger partial charge >= 0.3 is 0 Å². The maximum Gasteiger partial charge on any atom is 0.122 e. The number of rotatable bonds is 4. The first kappa shape index (κ1) is 14.3. The molecule has 0 bridgehead atoms. The van der Waals surface area contributed by atoms with E-state index in [0.29, 0.717) is 0 Å². The van der Waals surface area contributed by atoms with E-state index in [9.17, 15) is 0 Å². The van der Waals surface area contributed by atoms with E-state index in [0.717, 1.165) is 30.4 Å². The molecule has 1 aliphatic rings. The van der Waals surface area contributed by atoms with E-state index in [-0.39, 0.29) is 0 Å². The Morgan fingerprint density at radius 2 is 2.19 bits per heavy atom. The third-order valence-corrected chi connectivity index (χ3v) is 4.39. The van der Waals surface area contributed by atoms with Crippen LogP contribution in [0, 0.1) is 12.8 Å². The largest absolute Gasteiger partial charge is 0.337 e. The Hall–Kier alpha value is -1.68. The van der Waals surface area contributed by atoms with Gasteiger partial charge in [0, 0.05) is 37.9 Å². The Morgan fingerprint density at radius 3 is 2.90 bits per heavy atom. The maximum atomic E-state index is 4.44. The summed E-state index contributed by atoms with van der Waals surface area (Å²) in [5.74, 6) is 1.90. The van der Waals surface area contributed by atoms with Crippen molar-refractivity contribution in [1.82, 2.24) is 19.4 Å². The van der Waals surface area contributed by atoms with Crippen molar-refractivity contribution in [3.8, 4) is 0 Å². The topological polar surface area (TPSA) is 34.0 Å². The SMILES string of the molecule is Cc1ccc(CC2CCCN(Cc3nccn3C)C2)cn1. The van der Waals surface area contributed by atoms with Gasteiger partial charge in [-0.2, -0.15) is 0 Å². The molecule has 0 N–H and O–H groups in total. The Labute approximate surface area is 126 Å². The summed E-state index contributed by atoms with van der Waals surface area (Å²) in [6, 6.07) is 4.34. The zero-order chi connectivity index (χ0) is 14.7. The molecule has 1 unspecified atom stereocenters. The lowest BCUT2D eigenvalue weighted by atomic mass is 9.92. The molecule has 2 aromatic heterocycles. The summed E-state index contributed by atoms with van der Waals surface area (Å²) >= 11 is 0. The van der Waals surface area contributed by atoms with Crippen molar-refractivity contribution in [1.29, 1.82) is 0 Å². The second kappa shape index (κ2) is 6.39. The number of aromatic nitrogens is 3. The monoisotopic (exact) mass is 284 g/mol. The van der Waals surface area contributed by atoms with Crippen LogP contribution in [0.15, 0.2) is 30.7 Å². The predicted molar refractivity (Wildman–Crippen MR) is 83.9 cm³/mol. The van der Waals surface area contributed by atoms with Crippen LogP contribution in [0.2, 0.25) is 0 Å². The van der Waals surface area contributed by atoms with Gasteiger partial charge in [-0.25, -0.2) is 4.98 Å². The molecule has 0 spiro atoms. The normalized spacial score (nSPS) is 19.8. The summed E-state index contributed by atoms with van der Waals surface area (Å²) in [5, 5.41) is 0. The van der Waals surface area contributed by atoms with Crippen LogP contribution >= 0.6 is 0 Å². The molecule has 3 rings (SSSR count). The summed E-state index contributed by atoms with van der Waals surface area (Å²) in [6.45, 7) is 5.36. The molecule has 0 radical (unpaired) electrons. The fraction of sp³-hybridized carbons (Fsp3) is 0.529. The van der Waals surface area contributed by atoms with Gasteiger partial charge < -0.3 is 4.57 Å². The number of hydrogen-bond donors (Lipinski definition) is 0. The lowest BCUT2D eigenvalue weighted by Crippen LogP contribution is -2.36. The molecule has 4 nitrogen and oxygen atoms in total. The van der Waals surface area contributed by atoms with Crippen LogP contribution in [0.5, 0.6) is 0 Å². The van der Waals surface area contributed by atoms with E-state index in [1.54, 1.807) is 0 Å². The molecule has 4 heteroatoms. The highest BCUT2D eigenvalue weighted by Crippen LogP contribution is 2.21. The van der Waals surface area contributed by atoms with Gasteiger partial charge in [0.25, 0.3) is 0 Å². The van der Waals surface area contributed by atoms with Gasteiger partial charge in [0.15, 0.2) is 0 Å². The number of imidazole rings is 1. The van der Waals surface area contributed by atoms with Gasteiger partial charge in [-0.3, -0.25) is 9.88 Å². The zero-order valence-corrected chi connectivity index (χ0v) is 13.0. The zero-order valence-electron chi connectivity index (χ0n) is 13.0. The number of likely N-dealkylation sites (tertiary alicyclic amines) is 1. The Bertz CT molecular complexity index is 573. The van der Waals surface area contributed by atoms with E-state index in [1.165, 1.54) is 31.5 Å². The lowest BCUT2D eigenvalue weighted by Gasteiger charge is -2.32. The number of hydrogen-bond acceptors (Lipinski definition) is 3. The molecule has 112 valence electrons. The fourth-order valence-electron chi connectivity index (χ4n) is 3.16. The van der Waals surface area contributed by atoms with E-state index >= 15 is 0 Å². The number of nitrogens with zero attached hydrogens (tertiary/aromatic N) is 4. The van der Waals surface area contributed by atoms with E-state index in [4.69, 9.17) is 0 Å². The maximum absolute atomic E-state index is 4.44. The van der Waals surface area contributed by atoms with Crippen LogP contribution in [0.3, 0.4) is 0 Å². The standard InChI is InChI=1S/C17H24N4/c1-14-5-6-15(11-19-14)10-16-4-3-8-21(12-16)13-17-18-7-9-20(17)2/h5-7,9,11,16H,3-4,8,10,12-13H2,1-2H3. The molecular formula is C17H24N4. The van der Waals surface area contributed by atoms with Crippen LogP contribution in [0.1, 0.15) is 29.9 Å². The minimum absolute atomic E-state index is 0.739. The van der Waals surface area contributed by atoms with E-state index in [2.05, 4.69) is 38.6 Å². The van der Waals surface area contributed by atoms with Crippen molar-refractivity contribution in [3.05, 3.63) is 47.8 Å². The molecule has 0 aromatic carbocycles. The molecule has 1 atom stereocenters. The minimum atomic E-state index is 0.739. The molecule has 3 heterocycles. The first-order valence-corrected chi connectivity index (χ1v) is 7.81. The van der Waals surface area contributed by atoms with E-state index < -0.39 is 0 Å². The molecule has 0 saturated carbocycles. The van der Waals surface area contributed by atoms with Crippen LogP contribution in [0.25, 0.3) is 0 Å². The summed E-state index contributed by atoms with van der Waals surface area (Å²) in [5.41, 5.74) is 2.46. The summed E-state index contributed by atoms with van der Waals surface area (Å²) in [4.78, 5) is 11.4. The van der Waals surface area contributed by atoms with Crippen molar-refractivity contribution in [2.75, 3.05) is 13.1 Å². The van der Waals surface area contributed by atoms with Crippen molar-refractivity contribution < 1.29 is 0 Å². The molecule has 1 fully saturated rings. The minimum Gasteiger partial charge on any atom is -0.337 e. The molecular weight excluding hydrogens is 260 g/mol. The average Bonchev–Trinajstić information content (AvgIpc) is 2.87. The molecule has 0 aliphatic carbocycles. The van der Waals surface area contributed by atoms with Gasteiger partial charge in [0.2, 0.25) is 0 Å². The van der Waals surface area contributed by atoms with Crippen LogP contribution < -0.4 is 0 Å². The average molecular weight is 284 g/mol. The van der Waals surface area contributed by atoms with Crippen molar-refractivity contribution in [2.24, 2.45) is 13.0 Å². The first-order valence-electron chi connectivity index (χ1n) is 7.81. The first-order chi connectivity index (χ1) is 10.2. The van der Waals surface area contributed by atoms with E-state index in [1.807, 2.05) is 25.5 Å². The van der Waals surface area contributed by atoms with Gasteiger partial charge in [-0.15, -0.1) is 0 Å². The molecule has 0 amide bonds. The van der Waals surface area contributed by atoms with Gasteiger partial charge in [0.1, 0.15) is 5.82 Å². The number of piperidine rings is 1. The summed E-state index contributed by atoms with van der Waals surface area (Å²) < 4.78 is 2.12. The predicted octanol–water partition coefficient (Wildman–Crippen LogP) is 2.58. The molecule has 21 heavy (non-hydrogen) atoms. The number of pyridine rings is 1. The molecule has 2 aromatic rings. The van der Waals surface area contributed by atoms with Crippen LogP contribution in [0.4, 0.5) is 0 Å². The van der Waals surface area contributed by atoms with Gasteiger partial charge in [0.05, 0.1) is 6.54 Å². The van der Waals surface area contributed by atoms with Crippen molar-refractivity contribution in [2.45, 2.75) is 32.7 Å². The highest BCUT2D eigenvalue weighted by atomic mass is 15.2. The fourth-order valence-corrected chi connectivity index (χ4v) is 3.16. The number of aryl methyl sites for hydroxylation is 2. The lowest BCUT2D eigenvalue weighted by molar-refractivity contribution is 0.162. The second-order valence-corrected chi connectivity index (χ2v) is 6.21. The summed E-state index contributed by atoms with van der Waals surface area (Å²) in [6.07, 6.45) is 9.69. The van der Waals surface area contributed by atoms with Crippen molar-refractivity contribution in [3.63, 3.8) is 0 Å². The highest BCUT2D eigenvalue weighted by Gasteiger charge is 2.21. The van der Waals surface area contributed by atoms with Crippen LogP contribution in [-0.4, -0.2) is 32.5 Å². The smallest absolute Gasteiger partial charge is 0.122 e. The third kappa shape index (κ3) is 3.70. The third-order valence-electron chi connectivity index (χ3n) is 4.39.